The molecule has 2 unspecified atom stereocenters. The van der Waals surface area contributed by atoms with Crippen LogP contribution >= 0.6 is 0 Å². The number of hydrogen-bond acceptors (Lipinski definition) is 5. The first-order chi connectivity index (χ1) is 9.25. The Morgan fingerprint density at radius 1 is 1.21 bits per heavy atom. The Morgan fingerprint density at radius 3 is 2.68 bits per heavy atom. The van der Waals surface area contributed by atoms with E-state index < -0.39 is 0 Å². The Kier molecular flexibility index (Phi) is 8.33. The monoisotopic (exact) mass is 268 g/mol. The van der Waals surface area contributed by atoms with E-state index in [4.69, 9.17) is 19.9 Å². The molecule has 1 aromatic rings. The summed E-state index contributed by atoms with van der Waals surface area (Å²) in [6.07, 6.45) is 2.45. The van der Waals surface area contributed by atoms with E-state index in [1.807, 2.05) is 25.1 Å². The zero-order valence-electron chi connectivity index (χ0n) is 11.7. The van der Waals surface area contributed by atoms with Crippen LogP contribution in [-0.2, 0) is 14.2 Å². The molecule has 108 valence electrons. The first-order valence-electron chi connectivity index (χ1n) is 6.60. The highest BCUT2D eigenvalue weighted by atomic mass is 16.5. The molecule has 1 heterocycles. The number of hydrogen-bond donors (Lipinski definition) is 1. The van der Waals surface area contributed by atoms with Gasteiger partial charge in [-0.3, -0.25) is 4.98 Å². The standard InChI is InChI=1S/C14H24N2O3/c1-12(15)14(13-6-3-4-7-16-13)19-11-10-18-9-5-8-17-2/h3-4,6-7,12,14H,5,8-11,15H2,1-2H3. The summed E-state index contributed by atoms with van der Waals surface area (Å²) in [5.74, 6) is 0. The van der Waals surface area contributed by atoms with Crippen molar-refractivity contribution in [1.82, 2.24) is 4.98 Å². The van der Waals surface area contributed by atoms with Crippen molar-refractivity contribution in [3.05, 3.63) is 30.1 Å². The molecule has 19 heavy (non-hydrogen) atoms. The second-order valence-electron chi connectivity index (χ2n) is 4.36. The highest BCUT2D eigenvalue weighted by Gasteiger charge is 2.17. The fourth-order valence-electron chi connectivity index (χ4n) is 1.69. The molecule has 5 heteroatoms. The number of ether oxygens (including phenoxy) is 3. The van der Waals surface area contributed by atoms with Crippen molar-refractivity contribution >= 4 is 0 Å². The van der Waals surface area contributed by atoms with Crippen LogP contribution in [0.15, 0.2) is 24.4 Å². The van der Waals surface area contributed by atoms with E-state index in [2.05, 4.69) is 4.98 Å². The van der Waals surface area contributed by atoms with E-state index in [1.165, 1.54) is 0 Å². The average molecular weight is 268 g/mol. The van der Waals surface area contributed by atoms with E-state index in [-0.39, 0.29) is 12.1 Å². The lowest BCUT2D eigenvalue weighted by Crippen LogP contribution is -2.28. The smallest absolute Gasteiger partial charge is 0.114 e. The fourth-order valence-corrected chi connectivity index (χ4v) is 1.69. The van der Waals surface area contributed by atoms with Gasteiger partial charge in [0, 0.05) is 32.6 Å². The Labute approximate surface area is 115 Å². The Balaban J connectivity index is 2.24. The van der Waals surface area contributed by atoms with Crippen molar-refractivity contribution in [2.75, 3.05) is 33.5 Å². The Morgan fingerprint density at radius 2 is 2.05 bits per heavy atom. The summed E-state index contributed by atoms with van der Waals surface area (Å²) in [5.41, 5.74) is 6.79. The van der Waals surface area contributed by atoms with Gasteiger partial charge in [0.05, 0.1) is 18.9 Å². The lowest BCUT2D eigenvalue weighted by Gasteiger charge is -2.20. The highest BCUT2D eigenvalue weighted by molar-refractivity contribution is 5.08. The van der Waals surface area contributed by atoms with E-state index in [1.54, 1.807) is 13.3 Å². The van der Waals surface area contributed by atoms with Gasteiger partial charge in [-0.05, 0) is 25.5 Å². The van der Waals surface area contributed by atoms with Gasteiger partial charge in [-0.2, -0.15) is 0 Å². The molecule has 0 aromatic carbocycles. The third-order valence-corrected chi connectivity index (χ3v) is 2.62. The summed E-state index contributed by atoms with van der Waals surface area (Å²) < 4.78 is 16.1. The van der Waals surface area contributed by atoms with Gasteiger partial charge in [0.2, 0.25) is 0 Å². The molecule has 5 nitrogen and oxygen atoms in total. The zero-order chi connectivity index (χ0) is 13.9. The summed E-state index contributed by atoms with van der Waals surface area (Å²) in [5, 5.41) is 0. The van der Waals surface area contributed by atoms with Gasteiger partial charge in [0.15, 0.2) is 0 Å². The number of aromatic nitrogens is 1. The van der Waals surface area contributed by atoms with Crippen LogP contribution < -0.4 is 5.73 Å². The van der Waals surface area contributed by atoms with Crippen molar-refractivity contribution < 1.29 is 14.2 Å². The minimum atomic E-state index is -0.191. The maximum atomic E-state index is 5.93. The predicted molar refractivity (Wildman–Crippen MR) is 73.9 cm³/mol. The minimum Gasteiger partial charge on any atom is -0.385 e. The quantitative estimate of drug-likeness (QED) is 0.652. The third kappa shape index (κ3) is 6.63. The number of nitrogens with two attached hydrogens (primary N) is 1. The van der Waals surface area contributed by atoms with Crippen LogP contribution in [0.1, 0.15) is 25.1 Å². The first-order valence-corrected chi connectivity index (χ1v) is 6.60. The Hall–Kier alpha value is -1.01. The van der Waals surface area contributed by atoms with Crippen LogP contribution in [0.4, 0.5) is 0 Å². The number of nitrogens with zero attached hydrogens (tertiary/aromatic N) is 1. The van der Waals surface area contributed by atoms with Crippen LogP contribution in [0, 0.1) is 0 Å². The molecule has 1 aromatic heterocycles. The van der Waals surface area contributed by atoms with Crippen LogP contribution in [0.25, 0.3) is 0 Å². The van der Waals surface area contributed by atoms with Crippen molar-refractivity contribution in [2.24, 2.45) is 5.73 Å². The van der Waals surface area contributed by atoms with Crippen LogP contribution in [-0.4, -0.2) is 44.6 Å². The maximum absolute atomic E-state index is 5.93. The maximum Gasteiger partial charge on any atom is 0.114 e. The van der Waals surface area contributed by atoms with Gasteiger partial charge < -0.3 is 19.9 Å². The first kappa shape index (κ1) is 16.0. The van der Waals surface area contributed by atoms with Gasteiger partial charge in [-0.15, -0.1) is 0 Å². The topological polar surface area (TPSA) is 66.6 Å². The SMILES string of the molecule is COCCCOCCOC(c1ccccn1)C(C)N. The van der Waals surface area contributed by atoms with E-state index in [0.29, 0.717) is 19.8 Å². The van der Waals surface area contributed by atoms with Gasteiger partial charge in [-0.1, -0.05) is 6.07 Å². The normalized spacial score (nSPS) is 14.3. The molecule has 0 spiro atoms. The molecule has 0 saturated carbocycles. The largest absolute Gasteiger partial charge is 0.385 e. The van der Waals surface area contributed by atoms with Crippen molar-refractivity contribution in [2.45, 2.75) is 25.5 Å². The third-order valence-electron chi connectivity index (χ3n) is 2.62. The molecule has 0 aliphatic carbocycles. The number of methoxy groups -OCH3 is 1. The molecular weight excluding hydrogens is 244 g/mol. The average Bonchev–Trinajstić information content (AvgIpc) is 2.42. The molecule has 2 N–H and O–H groups in total. The minimum absolute atomic E-state index is 0.108. The lowest BCUT2D eigenvalue weighted by atomic mass is 10.1. The predicted octanol–water partition coefficient (Wildman–Crippen LogP) is 1.54. The van der Waals surface area contributed by atoms with Gasteiger partial charge in [0.25, 0.3) is 0 Å². The van der Waals surface area contributed by atoms with E-state index in [0.717, 1.165) is 18.7 Å². The van der Waals surface area contributed by atoms with E-state index in [9.17, 15) is 0 Å². The number of pyridine rings is 1. The lowest BCUT2D eigenvalue weighted by molar-refractivity contribution is -0.00934. The second-order valence-corrected chi connectivity index (χ2v) is 4.36. The molecule has 2 atom stereocenters. The molecule has 0 bridgehead atoms. The van der Waals surface area contributed by atoms with Gasteiger partial charge in [-0.25, -0.2) is 0 Å². The number of rotatable bonds is 10. The summed E-state index contributed by atoms with van der Waals surface area (Å²) in [7, 11) is 1.68. The highest BCUT2D eigenvalue weighted by Crippen LogP contribution is 2.17. The van der Waals surface area contributed by atoms with Crippen LogP contribution in [0.3, 0.4) is 0 Å². The second kappa shape index (κ2) is 9.86. The summed E-state index contributed by atoms with van der Waals surface area (Å²) in [6, 6.07) is 5.62. The summed E-state index contributed by atoms with van der Waals surface area (Å²) >= 11 is 0. The van der Waals surface area contributed by atoms with Gasteiger partial charge in [0.1, 0.15) is 6.10 Å². The Bertz CT molecular complexity index is 320. The molecular formula is C14H24N2O3. The summed E-state index contributed by atoms with van der Waals surface area (Å²) in [6.45, 7) is 4.38. The summed E-state index contributed by atoms with van der Waals surface area (Å²) in [4.78, 5) is 4.28. The molecule has 0 saturated heterocycles. The fraction of sp³-hybridized carbons (Fsp3) is 0.643. The molecule has 0 radical (unpaired) electrons. The molecule has 1 rings (SSSR count). The molecule has 0 fully saturated rings. The van der Waals surface area contributed by atoms with E-state index >= 15 is 0 Å². The van der Waals surface area contributed by atoms with Crippen molar-refractivity contribution in [3.63, 3.8) is 0 Å². The van der Waals surface area contributed by atoms with Crippen LogP contribution in [0.2, 0.25) is 0 Å². The molecule has 0 aliphatic heterocycles. The van der Waals surface area contributed by atoms with Crippen LogP contribution in [0.5, 0.6) is 0 Å². The van der Waals surface area contributed by atoms with Crippen molar-refractivity contribution in [1.29, 1.82) is 0 Å². The molecule has 0 amide bonds. The molecule has 0 aliphatic rings. The van der Waals surface area contributed by atoms with Gasteiger partial charge >= 0.3 is 0 Å². The van der Waals surface area contributed by atoms with Crippen molar-refractivity contribution in [3.8, 4) is 0 Å². The zero-order valence-corrected chi connectivity index (χ0v) is 11.7.